The lowest BCUT2D eigenvalue weighted by atomic mass is 10.0. The van der Waals surface area contributed by atoms with E-state index in [0.29, 0.717) is 29.0 Å². The maximum Gasteiger partial charge on any atom is 0.373 e. The van der Waals surface area contributed by atoms with E-state index in [-0.39, 0.29) is 35.3 Å². The molecule has 1 aromatic carbocycles. The Kier molecular flexibility index (Phi) is 7.70. The van der Waals surface area contributed by atoms with E-state index in [2.05, 4.69) is 21.6 Å². The maximum atomic E-state index is 13.0. The molecule has 1 aliphatic heterocycles. The van der Waals surface area contributed by atoms with Gasteiger partial charge in [0.1, 0.15) is 17.7 Å². The molecule has 0 atom stereocenters. The molecular weight excluding hydrogens is 512 g/mol. The average Bonchev–Trinajstić information content (AvgIpc) is 3.50. The number of hydrogen-bond donors (Lipinski definition) is 1. The summed E-state index contributed by atoms with van der Waals surface area (Å²) in [6.07, 6.45) is 4.54. The number of amides is 3. The Morgan fingerprint density at radius 2 is 2.03 bits per heavy atom. The first-order chi connectivity index (χ1) is 18.7. The number of nitrogens with zero attached hydrogens (tertiary/aromatic N) is 3. The maximum absolute atomic E-state index is 13.0. The van der Waals surface area contributed by atoms with E-state index in [9.17, 15) is 24.5 Å². The number of esters is 1. The molecule has 1 fully saturated rings. The third kappa shape index (κ3) is 5.77. The summed E-state index contributed by atoms with van der Waals surface area (Å²) in [5.41, 5.74) is 0.966. The van der Waals surface area contributed by atoms with Gasteiger partial charge >= 0.3 is 12.0 Å². The minimum atomic E-state index is -0.680. The van der Waals surface area contributed by atoms with Gasteiger partial charge in [-0.05, 0) is 42.3 Å². The van der Waals surface area contributed by atoms with Crippen molar-refractivity contribution < 1.29 is 37.9 Å². The zero-order valence-electron chi connectivity index (χ0n) is 20.8. The van der Waals surface area contributed by atoms with Crippen LogP contribution in [-0.4, -0.2) is 46.9 Å². The summed E-state index contributed by atoms with van der Waals surface area (Å²) in [7, 11) is 2.63. The van der Waals surface area contributed by atoms with Crippen LogP contribution in [0, 0.1) is 10.1 Å². The number of aromatic nitrogens is 1. The Bertz CT molecular complexity index is 1490. The number of nitro groups is 1. The fourth-order valence-corrected chi connectivity index (χ4v) is 3.70. The highest BCUT2D eigenvalue weighted by molar-refractivity contribution is 6.13. The van der Waals surface area contributed by atoms with Crippen molar-refractivity contribution in [3.05, 3.63) is 93.7 Å². The molecule has 1 N–H and O–H groups in total. The predicted octanol–water partition coefficient (Wildman–Crippen LogP) is 3.99. The van der Waals surface area contributed by atoms with Crippen molar-refractivity contribution in [1.82, 2.24) is 15.2 Å². The topological polar surface area (TPSA) is 163 Å². The van der Waals surface area contributed by atoms with Crippen molar-refractivity contribution in [3.8, 4) is 17.4 Å². The number of allylic oxidation sites excluding steroid dienone is 1. The molecule has 3 amide bonds. The van der Waals surface area contributed by atoms with Crippen molar-refractivity contribution >= 4 is 29.7 Å². The normalized spacial score (nSPS) is 13.8. The van der Waals surface area contributed by atoms with Gasteiger partial charge in [-0.25, -0.2) is 14.6 Å². The SMILES string of the molecule is C=CCc1cc(/C=C2\NC(=O)N(Cc3ccc(C(=O)OC)o3)C2=O)cc(OC)c1Oc1ccc([N+](=O)[O-])cn1. The van der Waals surface area contributed by atoms with Crippen molar-refractivity contribution in [1.29, 1.82) is 0 Å². The molecular formula is C26H22N4O9. The number of carbonyl (C=O) groups is 3. The Morgan fingerprint density at radius 3 is 2.67 bits per heavy atom. The number of ether oxygens (including phenoxy) is 3. The Hall–Kier alpha value is -5.46. The van der Waals surface area contributed by atoms with Crippen LogP contribution in [0.15, 0.2) is 65.4 Å². The molecule has 0 radical (unpaired) electrons. The van der Waals surface area contributed by atoms with E-state index < -0.39 is 22.8 Å². The van der Waals surface area contributed by atoms with Crippen LogP contribution in [0.2, 0.25) is 0 Å². The molecule has 1 saturated heterocycles. The van der Waals surface area contributed by atoms with E-state index in [0.717, 1.165) is 11.1 Å². The van der Waals surface area contributed by atoms with Crippen LogP contribution in [-0.2, 0) is 22.5 Å². The molecule has 4 rings (SSSR count). The smallest absolute Gasteiger partial charge is 0.373 e. The largest absolute Gasteiger partial charge is 0.493 e. The van der Waals surface area contributed by atoms with Crippen LogP contribution < -0.4 is 14.8 Å². The van der Waals surface area contributed by atoms with E-state index >= 15 is 0 Å². The molecule has 0 bridgehead atoms. The molecule has 0 unspecified atom stereocenters. The zero-order valence-corrected chi connectivity index (χ0v) is 20.8. The van der Waals surface area contributed by atoms with E-state index in [1.807, 2.05) is 0 Å². The Morgan fingerprint density at radius 1 is 1.23 bits per heavy atom. The first-order valence-corrected chi connectivity index (χ1v) is 11.4. The molecule has 0 saturated carbocycles. The van der Waals surface area contributed by atoms with Crippen LogP contribution in [0.1, 0.15) is 27.4 Å². The quantitative estimate of drug-likeness (QED) is 0.100. The number of furan rings is 1. The summed E-state index contributed by atoms with van der Waals surface area (Å²) >= 11 is 0. The van der Waals surface area contributed by atoms with Gasteiger partial charge in [0.05, 0.1) is 25.7 Å². The van der Waals surface area contributed by atoms with Gasteiger partial charge in [0, 0.05) is 17.7 Å². The lowest BCUT2D eigenvalue weighted by molar-refractivity contribution is -0.385. The molecule has 200 valence electrons. The van der Waals surface area contributed by atoms with Crippen LogP contribution in [0.5, 0.6) is 17.4 Å². The highest BCUT2D eigenvalue weighted by Gasteiger charge is 2.34. The Labute approximate surface area is 221 Å². The Balaban J connectivity index is 1.59. The molecule has 39 heavy (non-hydrogen) atoms. The van der Waals surface area contributed by atoms with Gasteiger partial charge in [0.15, 0.2) is 11.5 Å². The van der Waals surface area contributed by atoms with Crippen molar-refractivity contribution in [2.24, 2.45) is 0 Å². The summed E-state index contributed by atoms with van der Waals surface area (Å²) in [5.74, 6) is -0.405. The van der Waals surface area contributed by atoms with Gasteiger partial charge in [-0.15, -0.1) is 6.58 Å². The number of hydrogen-bond acceptors (Lipinski definition) is 10. The van der Waals surface area contributed by atoms with Crippen molar-refractivity contribution in [3.63, 3.8) is 0 Å². The number of carbonyl (C=O) groups excluding carboxylic acids is 3. The van der Waals surface area contributed by atoms with Gasteiger partial charge in [-0.3, -0.25) is 19.8 Å². The van der Waals surface area contributed by atoms with Gasteiger partial charge in [0.2, 0.25) is 11.6 Å². The number of imide groups is 1. The summed E-state index contributed by atoms with van der Waals surface area (Å²) < 4.78 is 21.3. The minimum Gasteiger partial charge on any atom is -0.493 e. The number of nitrogens with one attached hydrogen (secondary N) is 1. The molecule has 13 nitrogen and oxygen atoms in total. The zero-order chi connectivity index (χ0) is 28.1. The minimum absolute atomic E-state index is 0.0112. The first kappa shape index (κ1) is 26.6. The molecule has 0 aliphatic carbocycles. The van der Waals surface area contributed by atoms with E-state index in [1.54, 1.807) is 18.2 Å². The average molecular weight is 534 g/mol. The number of rotatable bonds is 10. The monoisotopic (exact) mass is 534 g/mol. The van der Waals surface area contributed by atoms with Crippen LogP contribution >= 0.6 is 0 Å². The number of methoxy groups -OCH3 is 2. The molecule has 1 aliphatic rings. The van der Waals surface area contributed by atoms with Crippen LogP contribution in [0.25, 0.3) is 6.08 Å². The standard InChI is InChI=1S/C26H22N4O9/c1-4-5-16-10-15(12-21(36-2)23(16)39-22-9-6-17(13-27-22)30(34)35)11-19-24(31)29(26(33)28-19)14-18-7-8-20(38-18)25(32)37-3/h4,6-13H,1,5,14H2,2-3H3,(H,28,33)/b19-11-. The molecule has 2 aromatic heterocycles. The highest BCUT2D eigenvalue weighted by Crippen LogP contribution is 2.37. The molecule has 3 heterocycles. The summed E-state index contributed by atoms with van der Waals surface area (Å²) in [4.78, 5) is 52.3. The molecule has 0 spiro atoms. The third-order valence-corrected chi connectivity index (χ3v) is 5.51. The van der Waals surface area contributed by atoms with Crippen LogP contribution in [0.4, 0.5) is 10.5 Å². The number of benzene rings is 1. The van der Waals surface area contributed by atoms with Crippen molar-refractivity contribution in [2.75, 3.05) is 14.2 Å². The molecule has 3 aromatic rings. The van der Waals surface area contributed by atoms with Gasteiger partial charge < -0.3 is 23.9 Å². The predicted molar refractivity (Wildman–Crippen MR) is 135 cm³/mol. The number of pyridine rings is 1. The van der Waals surface area contributed by atoms with E-state index in [4.69, 9.17) is 13.9 Å². The second kappa shape index (κ2) is 11.3. The highest BCUT2D eigenvalue weighted by atomic mass is 16.6. The molecule has 13 heteroatoms. The van der Waals surface area contributed by atoms with Crippen molar-refractivity contribution in [2.45, 2.75) is 13.0 Å². The van der Waals surface area contributed by atoms with Gasteiger partial charge in [-0.2, -0.15) is 0 Å². The van der Waals surface area contributed by atoms with Gasteiger partial charge in [0.25, 0.3) is 11.6 Å². The number of urea groups is 1. The lowest BCUT2D eigenvalue weighted by Gasteiger charge is -2.15. The fourth-order valence-electron chi connectivity index (χ4n) is 3.70. The summed E-state index contributed by atoms with van der Waals surface area (Å²) in [5, 5.41) is 13.4. The van der Waals surface area contributed by atoms with E-state index in [1.165, 1.54) is 44.6 Å². The third-order valence-electron chi connectivity index (χ3n) is 5.51. The fraction of sp³-hybridized carbons (Fsp3) is 0.154. The second-order valence-corrected chi connectivity index (χ2v) is 8.06. The first-order valence-electron chi connectivity index (χ1n) is 11.4. The summed E-state index contributed by atoms with van der Waals surface area (Å²) in [6, 6.07) is 8.13. The van der Waals surface area contributed by atoms with Gasteiger partial charge in [-0.1, -0.05) is 6.08 Å². The summed E-state index contributed by atoms with van der Waals surface area (Å²) in [6.45, 7) is 3.56. The second-order valence-electron chi connectivity index (χ2n) is 8.06. The lowest BCUT2D eigenvalue weighted by Crippen LogP contribution is -2.30. The van der Waals surface area contributed by atoms with Crippen LogP contribution in [0.3, 0.4) is 0 Å².